The smallest absolute Gasteiger partial charge is 0.316 e. The Labute approximate surface area is 104 Å². The van der Waals surface area contributed by atoms with E-state index < -0.39 is 5.41 Å². The number of esters is 1. The second kappa shape index (κ2) is 4.87. The lowest BCUT2D eigenvalue weighted by atomic mass is 9.91. The number of benzene rings is 1. The summed E-state index contributed by atoms with van der Waals surface area (Å²) in [6, 6.07) is 4.61. The normalized spacial score (nSPS) is 11.2. The first-order valence-electron chi connectivity index (χ1n) is 5.07. The van der Waals surface area contributed by atoms with E-state index in [-0.39, 0.29) is 11.7 Å². The highest BCUT2D eigenvalue weighted by molar-refractivity contribution is 9.10. The number of ether oxygens (including phenoxy) is 1. The SMILES string of the molecule is CCC(C)(C)C(=O)Oc1ccc(O)c(Br)c1. The second-order valence-electron chi connectivity index (χ2n) is 4.24. The van der Waals surface area contributed by atoms with Crippen molar-refractivity contribution in [1.82, 2.24) is 0 Å². The summed E-state index contributed by atoms with van der Waals surface area (Å²) in [5.41, 5.74) is -0.496. The van der Waals surface area contributed by atoms with Crippen LogP contribution in [0.3, 0.4) is 0 Å². The number of rotatable bonds is 3. The largest absolute Gasteiger partial charge is 0.507 e. The van der Waals surface area contributed by atoms with Gasteiger partial charge in [-0.25, -0.2) is 0 Å². The minimum Gasteiger partial charge on any atom is -0.507 e. The molecule has 88 valence electrons. The Kier molecular flexibility index (Phi) is 3.97. The van der Waals surface area contributed by atoms with Crippen molar-refractivity contribution >= 4 is 21.9 Å². The molecule has 0 aliphatic rings. The standard InChI is InChI=1S/C12H15BrO3/c1-4-12(2,3)11(15)16-8-5-6-10(14)9(13)7-8/h5-7,14H,4H2,1-3H3. The molecule has 1 rings (SSSR count). The Bertz CT molecular complexity index is 399. The summed E-state index contributed by atoms with van der Waals surface area (Å²) in [7, 11) is 0. The number of halogens is 1. The van der Waals surface area contributed by atoms with Crippen LogP contribution in [0.5, 0.6) is 11.5 Å². The number of carbonyl (C=O) groups excluding carboxylic acids is 1. The minimum absolute atomic E-state index is 0.120. The quantitative estimate of drug-likeness (QED) is 0.683. The molecule has 0 amide bonds. The molecular formula is C12H15BrO3. The lowest BCUT2D eigenvalue weighted by molar-refractivity contribution is -0.144. The topological polar surface area (TPSA) is 46.5 Å². The first-order valence-corrected chi connectivity index (χ1v) is 5.87. The maximum atomic E-state index is 11.8. The molecule has 0 atom stereocenters. The third kappa shape index (κ3) is 2.98. The van der Waals surface area contributed by atoms with Crippen molar-refractivity contribution in [2.45, 2.75) is 27.2 Å². The van der Waals surface area contributed by atoms with E-state index in [2.05, 4.69) is 15.9 Å². The molecule has 16 heavy (non-hydrogen) atoms. The van der Waals surface area contributed by atoms with Gasteiger partial charge in [0.25, 0.3) is 0 Å². The average molecular weight is 287 g/mol. The highest BCUT2D eigenvalue weighted by Gasteiger charge is 2.27. The summed E-state index contributed by atoms with van der Waals surface area (Å²) in [4.78, 5) is 11.8. The van der Waals surface area contributed by atoms with E-state index in [4.69, 9.17) is 4.74 Å². The molecule has 0 spiro atoms. The van der Waals surface area contributed by atoms with Crippen LogP contribution in [0.15, 0.2) is 22.7 Å². The van der Waals surface area contributed by atoms with Crippen LogP contribution in [-0.4, -0.2) is 11.1 Å². The molecule has 1 N–H and O–H groups in total. The Morgan fingerprint density at radius 2 is 2.12 bits per heavy atom. The van der Waals surface area contributed by atoms with Gasteiger partial charge in [0, 0.05) is 0 Å². The Morgan fingerprint density at radius 1 is 1.50 bits per heavy atom. The molecular weight excluding hydrogens is 272 g/mol. The number of carbonyl (C=O) groups is 1. The molecule has 4 heteroatoms. The maximum Gasteiger partial charge on any atom is 0.316 e. The van der Waals surface area contributed by atoms with Crippen molar-refractivity contribution in [2.24, 2.45) is 5.41 Å². The van der Waals surface area contributed by atoms with Gasteiger partial charge in [0.15, 0.2) is 0 Å². The summed E-state index contributed by atoms with van der Waals surface area (Å²) in [6.45, 7) is 5.61. The molecule has 0 unspecified atom stereocenters. The molecule has 0 saturated carbocycles. The highest BCUT2D eigenvalue weighted by Crippen LogP contribution is 2.29. The van der Waals surface area contributed by atoms with Crippen LogP contribution in [0, 0.1) is 5.41 Å². The minimum atomic E-state index is -0.496. The van der Waals surface area contributed by atoms with Crippen LogP contribution in [0.2, 0.25) is 0 Å². The Balaban J connectivity index is 2.82. The summed E-state index contributed by atoms with van der Waals surface area (Å²) < 4.78 is 5.73. The maximum absolute atomic E-state index is 11.8. The highest BCUT2D eigenvalue weighted by atomic mass is 79.9. The van der Waals surface area contributed by atoms with Crippen LogP contribution >= 0.6 is 15.9 Å². The van der Waals surface area contributed by atoms with Gasteiger partial charge in [-0.3, -0.25) is 4.79 Å². The molecule has 3 nitrogen and oxygen atoms in total. The van der Waals surface area contributed by atoms with Crippen LogP contribution in [0.25, 0.3) is 0 Å². The fraction of sp³-hybridized carbons (Fsp3) is 0.417. The summed E-state index contributed by atoms with van der Waals surface area (Å²) in [5.74, 6) is 0.276. The molecule has 0 aromatic heterocycles. The molecule has 0 aliphatic carbocycles. The van der Waals surface area contributed by atoms with Gasteiger partial charge >= 0.3 is 5.97 Å². The summed E-state index contributed by atoms with van der Waals surface area (Å²) >= 11 is 3.16. The van der Waals surface area contributed by atoms with Crippen molar-refractivity contribution < 1.29 is 14.6 Å². The van der Waals surface area contributed by atoms with Crippen molar-refractivity contribution in [3.8, 4) is 11.5 Å². The van der Waals surface area contributed by atoms with Gasteiger partial charge in [-0.2, -0.15) is 0 Å². The predicted octanol–water partition coefficient (Wildman–Crippen LogP) is 3.50. The van der Waals surface area contributed by atoms with Crippen LogP contribution in [0.4, 0.5) is 0 Å². The van der Waals surface area contributed by atoms with Gasteiger partial charge in [0.05, 0.1) is 9.89 Å². The average Bonchev–Trinajstić information content (AvgIpc) is 2.23. The first-order chi connectivity index (χ1) is 7.36. The fourth-order valence-corrected chi connectivity index (χ4v) is 1.30. The van der Waals surface area contributed by atoms with Gasteiger partial charge < -0.3 is 9.84 Å². The Hall–Kier alpha value is -1.03. The molecule has 0 radical (unpaired) electrons. The third-order valence-electron chi connectivity index (χ3n) is 2.57. The van der Waals surface area contributed by atoms with E-state index in [0.29, 0.717) is 16.6 Å². The van der Waals surface area contributed by atoms with Crippen molar-refractivity contribution in [3.63, 3.8) is 0 Å². The first kappa shape index (κ1) is 13.0. The molecule has 0 aliphatic heterocycles. The lowest BCUT2D eigenvalue weighted by Gasteiger charge is -2.20. The zero-order chi connectivity index (χ0) is 12.3. The molecule has 1 aromatic carbocycles. The van der Waals surface area contributed by atoms with Crippen molar-refractivity contribution in [1.29, 1.82) is 0 Å². The van der Waals surface area contributed by atoms with Gasteiger partial charge in [0.1, 0.15) is 11.5 Å². The number of hydrogen-bond donors (Lipinski definition) is 1. The van der Waals surface area contributed by atoms with E-state index in [1.807, 2.05) is 20.8 Å². The van der Waals surface area contributed by atoms with E-state index in [1.165, 1.54) is 6.07 Å². The molecule has 0 bridgehead atoms. The van der Waals surface area contributed by atoms with Gasteiger partial charge in [-0.15, -0.1) is 0 Å². The van der Waals surface area contributed by atoms with Crippen LogP contribution in [0.1, 0.15) is 27.2 Å². The molecule has 0 saturated heterocycles. The van der Waals surface area contributed by atoms with Crippen LogP contribution < -0.4 is 4.74 Å². The van der Waals surface area contributed by atoms with Gasteiger partial charge in [-0.05, 0) is 54.4 Å². The van der Waals surface area contributed by atoms with Crippen LogP contribution in [-0.2, 0) is 4.79 Å². The summed E-state index contributed by atoms with van der Waals surface area (Å²) in [6.07, 6.45) is 0.713. The zero-order valence-electron chi connectivity index (χ0n) is 9.58. The number of phenols is 1. The second-order valence-corrected chi connectivity index (χ2v) is 5.09. The van der Waals surface area contributed by atoms with Gasteiger partial charge in [0.2, 0.25) is 0 Å². The molecule has 0 heterocycles. The van der Waals surface area contributed by atoms with Gasteiger partial charge in [-0.1, -0.05) is 6.92 Å². The molecule has 0 fully saturated rings. The summed E-state index contributed by atoms with van der Waals surface area (Å²) in [5, 5.41) is 9.30. The van der Waals surface area contributed by atoms with Crippen molar-refractivity contribution in [2.75, 3.05) is 0 Å². The van der Waals surface area contributed by atoms with E-state index >= 15 is 0 Å². The van der Waals surface area contributed by atoms with E-state index in [0.717, 1.165) is 0 Å². The monoisotopic (exact) mass is 286 g/mol. The van der Waals surface area contributed by atoms with Crippen molar-refractivity contribution in [3.05, 3.63) is 22.7 Å². The van der Waals surface area contributed by atoms with E-state index in [9.17, 15) is 9.90 Å². The molecule has 1 aromatic rings. The number of phenolic OH excluding ortho intramolecular Hbond substituents is 1. The predicted molar refractivity (Wildman–Crippen MR) is 65.5 cm³/mol. The zero-order valence-corrected chi connectivity index (χ0v) is 11.2. The number of hydrogen-bond acceptors (Lipinski definition) is 3. The number of aromatic hydroxyl groups is 1. The lowest BCUT2D eigenvalue weighted by Crippen LogP contribution is -2.28. The third-order valence-corrected chi connectivity index (χ3v) is 3.20. The fourth-order valence-electron chi connectivity index (χ4n) is 0.941. The Morgan fingerprint density at radius 3 is 2.62 bits per heavy atom. The van der Waals surface area contributed by atoms with E-state index in [1.54, 1.807) is 12.1 Å².